The molecule has 0 saturated carbocycles. The molecular formula is C23H27N5O2. The van der Waals surface area contributed by atoms with Crippen LogP contribution in [0.2, 0.25) is 0 Å². The average Bonchev–Trinajstić information content (AvgIpc) is 3.25. The second kappa shape index (κ2) is 8.07. The normalized spacial score (nSPS) is 17.3. The molecule has 1 aliphatic carbocycles. The van der Waals surface area contributed by atoms with Gasteiger partial charge in [0.2, 0.25) is 0 Å². The number of H-pyrrole nitrogens is 1. The number of rotatable bonds is 4. The minimum atomic E-state index is 0.00386. The van der Waals surface area contributed by atoms with Gasteiger partial charge < -0.3 is 9.88 Å². The van der Waals surface area contributed by atoms with Crippen LogP contribution in [0, 0.1) is 0 Å². The first-order valence-corrected chi connectivity index (χ1v) is 10.9. The highest BCUT2D eigenvalue weighted by atomic mass is 16.2. The molecule has 2 aliphatic rings. The van der Waals surface area contributed by atoms with Gasteiger partial charge in [-0.1, -0.05) is 6.07 Å². The Balaban J connectivity index is 1.17. The maximum absolute atomic E-state index is 12.9. The molecule has 0 bridgehead atoms. The lowest BCUT2D eigenvalue weighted by atomic mass is 9.97. The highest BCUT2D eigenvalue weighted by Crippen LogP contribution is 2.18. The number of aromatic amines is 1. The minimum Gasteiger partial charge on any atom is -0.361 e. The number of nitrogens with one attached hydrogen (secondary N) is 1. The summed E-state index contributed by atoms with van der Waals surface area (Å²) in [6, 6.07) is 9.60. The average molecular weight is 406 g/mol. The fraction of sp³-hybridized carbons (Fsp3) is 0.435. The minimum absolute atomic E-state index is 0.00386. The van der Waals surface area contributed by atoms with Crippen molar-refractivity contribution in [1.29, 1.82) is 0 Å². The number of aryl methyl sites for hydroxylation is 2. The molecule has 1 fully saturated rings. The van der Waals surface area contributed by atoms with Crippen LogP contribution in [0.25, 0.3) is 10.9 Å². The highest BCUT2D eigenvalue weighted by molar-refractivity contribution is 5.98. The molecule has 30 heavy (non-hydrogen) atoms. The molecule has 0 unspecified atom stereocenters. The first kappa shape index (κ1) is 19.1. The summed E-state index contributed by atoms with van der Waals surface area (Å²) in [6.07, 6.45) is 6.15. The van der Waals surface area contributed by atoms with E-state index in [2.05, 4.69) is 15.0 Å². The number of piperazine rings is 1. The molecule has 3 aromatic rings. The van der Waals surface area contributed by atoms with Crippen molar-refractivity contribution < 1.29 is 4.79 Å². The van der Waals surface area contributed by atoms with Crippen LogP contribution < -0.4 is 5.56 Å². The van der Waals surface area contributed by atoms with Gasteiger partial charge in [-0.25, -0.2) is 4.68 Å². The van der Waals surface area contributed by atoms with Crippen LogP contribution >= 0.6 is 0 Å². The van der Waals surface area contributed by atoms with Crippen LogP contribution in [0.5, 0.6) is 0 Å². The van der Waals surface area contributed by atoms with E-state index in [1.54, 1.807) is 10.7 Å². The fourth-order valence-electron chi connectivity index (χ4n) is 4.54. The van der Waals surface area contributed by atoms with Gasteiger partial charge in [-0.05, 0) is 54.8 Å². The van der Waals surface area contributed by atoms with E-state index in [1.807, 2.05) is 35.4 Å². The first-order valence-electron chi connectivity index (χ1n) is 10.9. The molecule has 3 heterocycles. The van der Waals surface area contributed by atoms with Crippen LogP contribution in [-0.2, 0) is 19.4 Å². The maximum Gasteiger partial charge on any atom is 0.267 e. The summed E-state index contributed by atoms with van der Waals surface area (Å²) in [6.45, 7) is 4.42. The van der Waals surface area contributed by atoms with Crippen molar-refractivity contribution in [2.24, 2.45) is 0 Å². The van der Waals surface area contributed by atoms with Crippen molar-refractivity contribution >= 4 is 16.8 Å². The number of carbonyl (C=O) groups excluding carboxylic acids is 1. The molecule has 7 heteroatoms. The largest absolute Gasteiger partial charge is 0.361 e. The van der Waals surface area contributed by atoms with E-state index in [9.17, 15) is 9.59 Å². The number of hydrogen-bond donors (Lipinski definition) is 1. The number of carbonyl (C=O) groups is 1. The van der Waals surface area contributed by atoms with Crippen molar-refractivity contribution in [1.82, 2.24) is 24.6 Å². The van der Waals surface area contributed by atoms with Gasteiger partial charge in [0.15, 0.2) is 0 Å². The van der Waals surface area contributed by atoms with Crippen molar-refractivity contribution in [3.05, 3.63) is 63.7 Å². The third-order valence-corrected chi connectivity index (χ3v) is 6.36. The topological polar surface area (TPSA) is 74.2 Å². The molecule has 0 spiro atoms. The number of hydrogen-bond acceptors (Lipinski definition) is 4. The zero-order valence-electron chi connectivity index (χ0n) is 17.1. The van der Waals surface area contributed by atoms with E-state index in [-0.39, 0.29) is 11.5 Å². The summed E-state index contributed by atoms with van der Waals surface area (Å²) in [5.41, 5.74) is 3.94. The third kappa shape index (κ3) is 3.77. The summed E-state index contributed by atoms with van der Waals surface area (Å²) in [7, 11) is 0. The molecule has 156 valence electrons. The van der Waals surface area contributed by atoms with Crippen LogP contribution in [0.4, 0.5) is 0 Å². The van der Waals surface area contributed by atoms with Gasteiger partial charge in [0.05, 0.1) is 12.2 Å². The molecule has 1 amide bonds. The molecule has 0 radical (unpaired) electrons. The van der Waals surface area contributed by atoms with Crippen LogP contribution in [0.3, 0.4) is 0 Å². The van der Waals surface area contributed by atoms with Crippen molar-refractivity contribution in [3.8, 4) is 0 Å². The molecule has 0 atom stereocenters. The van der Waals surface area contributed by atoms with Crippen LogP contribution in [-0.4, -0.2) is 63.2 Å². The van der Waals surface area contributed by atoms with Gasteiger partial charge in [0.25, 0.3) is 11.5 Å². The molecule has 1 N–H and O–H groups in total. The zero-order valence-corrected chi connectivity index (χ0v) is 17.1. The summed E-state index contributed by atoms with van der Waals surface area (Å²) < 4.78 is 1.62. The monoisotopic (exact) mass is 405 g/mol. The Labute approximate surface area is 175 Å². The Bertz CT molecular complexity index is 1120. The lowest BCUT2D eigenvalue weighted by molar-refractivity contribution is 0.0631. The molecular weight excluding hydrogens is 378 g/mol. The van der Waals surface area contributed by atoms with Gasteiger partial charge in [-0.2, -0.15) is 5.10 Å². The number of amides is 1. The molecule has 1 aromatic carbocycles. The second-order valence-electron chi connectivity index (χ2n) is 8.30. The Kier molecular flexibility index (Phi) is 5.12. The van der Waals surface area contributed by atoms with Crippen molar-refractivity contribution in [2.45, 2.75) is 32.2 Å². The Morgan fingerprint density at radius 2 is 1.83 bits per heavy atom. The predicted molar refractivity (Wildman–Crippen MR) is 116 cm³/mol. The standard InChI is InChI=1S/C23H27N5O2/c29-22-16-18-3-1-2-4-20(18)25-28(22)14-11-26-9-12-27(13-10-26)23(30)19-6-5-17-7-8-24-21(17)15-19/h5-8,15-16,24H,1-4,9-14H2. The van der Waals surface area contributed by atoms with Crippen molar-refractivity contribution in [3.63, 3.8) is 0 Å². The van der Waals surface area contributed by atoms with Gasteiger partial charge in [-0.15, -0.1) is 0 Å². The van der Waals surface area contributed by atoms with Gasteiger partial charge >= 0.3 is 0 Å². The number of benzene rings is 1. The lowest BCUT2D eigenvalue weighted by Gasteiger charge is -2.34. The molecule has 2 aromatic heterocycles. The van der Waals surface area contributed by atoms with E-state index in [0.717, 1.165) is 73.0 Å². The summed E-state index contributed by atoms with van der Waals surface area (Å²) in [4.78, 5) is 32.6. The van der Waals surface area contributed by atoms with Crippen LogP contribution in [0.1, 0.15) is 34.5 Å². The SMILES string of the molecule is O=C(c1ccc2cc[nH]c2c1)N1CCN(CCn2nc3c(cc2=O)CCCC3)CC1. The molecule has 1 saturated heterocycles. The highest BCUT2D eigenvalue weighted by Gasteiger charge is 2.22. The van der Waals surface area contributed by atoms with E-state index in [1.165, 1.54) is 0 Å². The van der Waals surface area contributed by atoms with E-state index >= 15 is 0 Å². The summed E-state index contributed by atoms with van der Waals surface area (Å²) in [5.74, 6) is 0.0822. The van der Waals surface area contributed by atoms with Crippen LogP contribution in [0.15, 0.2) is 41.3 Å². The first-order chi connectivity index (χ1) is 14.7. The smallest absolute Gasteiger partial charge is 0.267 e. The molecule has 5 rings (SSSR count). The molecule has 7 nitrogen and oxygen atoms in total. The number of nitrogens with zero attached hydrogens (tertiary/aromatic N) is 4. The maximum atomic E-state index is 12.9. The Morgan fingerprint density at radius 3 is 2.70 bits per heavy atom. The Morgan fingerprint density at radius 1 is 1.00 bits per heavy atom. The number of aromatic nitrogens is 3. The zero-order chi connectivity index (χ0) is 20.5. The third-order valence-electron chi connectivity index (χ3n) is 6.36. The lowest BCUT2D eigenvalue weighted by Crippen LogP contribution is -2.49. The summed E-state index contributed by atoms with van der Waals surface area (Å²) >= 11 is 0. The number of fused-ring (bicyclic) bond motifs is 2. The van der Waals surface area contributed by atoms with Gasteiger partial charge in [-0.3, -0.25) is 14.5 Å². The van der Waals surface area contributed by atoms with E-state index in [0.29, 0.717) is 19.6 Å². The van der Waals surface area contributed by atoms with E-state index in [4.69, 9.17) is 0 Å². The molecule has 1 aliphatic heterocycles. The predicted octanol–water partition coefficient (Wildman–Crippen LogP) is 2.06. The Hall–Kier alpha value is -2.93. The quantitative estimate of drug-likeness (QED) is 0.721. The second-order valence-corrected chi connectivity index (χ2v) is 8.30. The van der Waals surface area contributed by atoms with Gasteiger partial charge in [0, 0.05) is 56.1 Å². The van der Waals surface area contributed by atoms with Gasteiger partial charge in [0.1, 0.15) is 0 Å². The fourth-order valence-corrected chi connectivity index (χ4v) is 4.54. The van der Waals surface area contributed by atoms with Crippen molar-refractivity contribution in [2.75, 3.05) is 32.7 Å². The van der Waals surface area contributed by atoms with E-state index < -0.39 is 0 Å². The summed E-state index contributed by atoms with van der Waals surface area (Å²) in [5, 5.41) is 5.72.